The number of hydrogen-bond donors (Lipinski definition) is 2. The Morgan fingerprint density at radius 2 is 1.90 bits per heavy atom. The second-order valence-electron chi connectivity index (χ2n) is 7.31. The van der Waals surface area contributed by atoms with Gasteiger partial charge in [0.2, 0.25) is 5.91 Å². The molecule has 1 atom stereocenters. The highest BCUT2D eigenvalue weighted by molar-refractivity contribution is 5.97. The van der Waals surface area contributed by atoms with Crippen molar-refractivity contribution in [3.8, 4) is 11.5 Å². The Morgan fingerprint density at radius 3 is 2.67 bits per heavy atom. The van der Waals surface area contributed by atoms with Crippen LogP contribution >= 0.6 is 0 Å². The van der Waals surface area contributed by atoms with Gasteiger partial charge in [0.15, 0.2) is 11.5 Å². The van der Waals surface area contributed by atoms with Gasteiger partial charge >= 0.3 is 6.03 Å². The number of benzene rings is 2. The van der Waals surface area contributed by atoms with Crippen LogP contribution in [0.3, 0.4) is 0 Å². The summed E-state index contributed by atoms with van der Waals surface area (Å²) >= 11 is 0. The zero-order valence-corrected chi connectivity index (χ0v) is 16.6. The average Bonchev–Trinajstić information content (AvgIpc) is 3.13. The number of amides is 3. The zero-order valence-electron chi connectivity index (χ0n) is 16.6. The molecule has 0 bridgehead atoms. The maximum atomic E-state index is 12.8. The number of fused-ring (bicyclic) bond motifs is 1. The third kappa shape index (κ3) is 4.49. The Labute approximate surface area is 175 Å². The first kappa shape index (κ1) is 20.0. The maximum Gasteiger partial charge on any atom is 0.318 e. The van der Waals surface area contributed by atoms with E-state index in [2.05, 4.69) is 5.32 Å². The van der Waals surface area contributed by atoms with Crippen LogP contribution in [0.2, 0.25) is 0 Å². The van der Waals surface area contributed by atoms with Crippen molar-refractivity contribution in [2.75, 3.05) is 37.8 Å². The molecule has 0 aliphatic carbocycles. The van der Waals surface area contributed by atoms with Gasteiger partial charge in [0.05, 0.1) is 12.6 Å². The van der Waals surface area contributed by atoms with Crippen molar-refractivity contribution < 1.29 is 24.2 Å². The van der Waals surface area contributed by atoms with Crippen LogP contribution in [0.5, 0.6) is 11.5 Å². The first-order valence-corrected chi connectivity index (χ1v) is 10.0. The smallest absolute Gasteiger partial charge is 0.318 e. The quantitative estimate of drug-likeness (QED) is 0.756. The Morgan fingerprint density at radius 1 is 1.13 bits per heavy atom. The molecule has 0 spiro atoms. The van der Waals surface area contributed by atoms with Crippen molar-refractivity contribution in [2.45, 2.75) is 19.0 Å². The average molecular weight is 411 g/mol. The van der Waals surface area contributed by atoms with E-state index in [1.165, 1.54) is 0 Å². The molecule has 158 valence electrons. The molecule has 2 aromatic carbocycles. The molecule has 2 heterocycles. The van der Waals surface area contributed by atoms with Gasteiger partial charge in [-0.15, -0.1) is 0 Å². The van der Waals surface area contributed by atoms with Crippen LogP contribution in [-0.4, -0.2) is 60.9 Å². The molecule has 2 aliphatic rings. The molecule has 30 heavy (non-hydrogen) atoms. The molecular formula is C22H25N3O5. The van der Waals surface area contributed by atoms with Gasteiger partial charge in [-0.1, -0.05) is 30.3 Å². The van der Waals surface area contributed by atoms with Crippen molar-refractivity contribution in [3.63, 3.8) is 0 Å². The van der Waals surface area contributed by atoms with Crippen LogP contribution in [0.25, 0.3) is 0 Å². The van der Waals surface area contributed by atoms with Gasteiger partial charge in [0, 0.05) is 37.8 Å². The zero-order chi connectivity index (χ0) is 20.9. The van der Waals surface area contributed by atoms with Crippen molar-refractivity contribution in [1.82, 2.24) is 10.2 Å². The molecule has 2 aliphatic heterocycles. The Bertz CT molecular complexity index is 905. The lowest BCUT2D eigenvalue weighted by atomic mass is 10.2. The summed E-state index contributed by atoms with van der Waals surface area (Å²) in [7, 11) is 0. The van der Waals surface area contributed by atoms with Crippen LogP contribution in [0.1, 0.15) is 12.0 Å². The molecule has 1 saturated heterocycles. The fourth-order valence-corrected chi connectivity index (χ4v) is 3.70. The second kappa shape index (κ2) is 9.04. The summed E-state index contributed by atoms with van der Waals surface area (Å²) in [5.41, 5.74) is 1.69. The molecule has 8 heteroatoms. The third-order valence-electron chi connectivity index (χ3n) is 5.16. The minimum absolute atomic E-state index is 0.0613. The van der Waals surface area contributed by atoms with Gasteiger partial charge in [-0.2, -0.15) is 0 Å². The predicted octanol–water partition coefficient (Wildman–Crippen LogP) is 1.77. The van der Waals surface area contributed by atoms with Gasteiger partial charge in [-0.05, 0) is 17.7 Å². The summed E-state index contributed by atoms with van der Waals surface area (Å²) in [5, 5.41) is 12.3. The van der Waals surface area contributed by atoms with Crippen molar-refractivity contribution in [2.24, 2.45) is 0 Å². The molecule has 8 nitrogen and oxygen atoms in total. The van der Waals surface area contributed by atoms with Crippen LogP contribution in [0.15, 0.2) is 48.5 Å². The second-order valence-corrected chi connectivity index (χ2v) is 7.31. The SMILES string of the molecule is O=C(N[C@@H]1CC(=O)N(c2ccc3c(c2)OCCO3)C1)N(CCO)Cc1ccccc1. The number of aliphatic hydroxyl groups excluding tert-OH is 1. The lowest BCUT2D eigenvalue weighted by Crippen LogP contribution is -2.46. The summed E-state index contributed by atoms with van der Waals surface area (Å²) in [4.78, 5) is 28.5. The number of aliphatic hydroxyl groups is 1. The molecule has 0 radical (unpaired) electrons. The van der Waals surface area contributed by atoms with Gasteiger partial charge in [0.25, 0.3) is 0 Å². The minimum atomic E-state index is -0.310. The molecule has 2 aromatic rings. The van der Waals surface area contributed by atoms with Gasteiger partial charge in [-0.3, -0.25) is 4.79 Å². The predicted molar refractivity (Wildman–Crippen MR) is 111 cm³/mol. The largest absolute Gasteiger partial charge is 0.486 e. The standard InChI is InChI=1S/C22H25N3O5/c26-9-8-24(14-16-4-2-1-3-5-16)22(28)23-17-12-21(27)25(15-17)18-6-7-19-20(13-18)30-11-10-29-19/h1-7,13,17,26H,8-12,14-15H2,(H,23,28)/t17-/m1/s1. The molecule has 4 rings (SSSR count). The van der Waals surface area contributed by atoms with E-state index in [0.29, 0.717) is 37.8 Å². The number of nitrogens with one attached hydrogen (secondary N) is 1. The number of hydrogen-bond acceptors (Lipinski definition) is 5. The normalized spacial score (nSPS) is 17.7. The van der Waals surface area contributed by atoms with Crippen molar-refractivity contribution in [3.05, 3.63) is 54.1 Å². The first-order valence-electron chi connectivity index (χ1n) is 10.0. The first-order chi connectivity index (χ1) is 14.6. The van der Waals surface area contributed by atoms with E-state index in [1.807, 2.05) is 36.4 Å². The molecule has 1 fully saturated rings. The van der Waals surface area contributed by atoms with Crippen LogP contribution < -0.4 is 19.7 Å². The van der Waals surface area contributed by atoms with Gasteiger partial charge < -0.3 is 29.7 Å². The van der Waals surface area contributed by atoms with E-state index < -0.39 is 0 Å². The fourth-order valence-electron chi connectivity index (χ4n) is 3.70. The molecular weight excluding hydrogens is 386 g/mol. The topological polar surface area (TPSA) is 91.3 Å². The maximum absolute atomic E-state index is 12.8. The molecule has 2 N–H and O–H groups in total. The third-order valence-corrected chi connectivity index (χ3v) is 5.16. The summed E-state index contributed by atoms with van der Waals surface area (Å²) in [6, 6.07) is 14.4. The Hall–Kier alpha value is -3.26. The van der Waals surface area contributed by atoms with E-state index >= 15 is 0 Å². The van der Waals surface area contributed by atoms with Crippen LogP contribution in [-0.2, 0) is 11.3 Å². The Kier molecular flexibility index (Phi) is 6.04. The number of anilines is 1. The van der Waals surface area contributed by atoms with E-state index in [1.54, 1.807) is 21.9 Å². The molecule has 0 aromatic heterocycles. The van der Waals surface area contributed by atoms with E-state index in [0.717, 1.165) is 11.3 Å². The summed E-state index contributed by atoms with van der Waals surface area (Å²) in [6.45, 7) is 1.84. The minimum Gasteiger partial charge on any atom is -0.486 e. The van der Waals surface area contributed by atoms with Crippen molar-refractivity contribution >= 4 is 17.6 Å². The number of carbonyl (C=O) groups excluding carboxylic acids is 2. The fraction of sp³-hybridized carbons (Fsp3) is 0.364. The number of carbonyl (C=O) groups is 2. The number of urea groups is 1. The molecule has 0 saturated carbocycles. The van der Waals surface area contributed by atoms with Crippen molar-refractivity contribution in [1.29, 1.82) is 0 Å². The van der Waals surface area contributed by atoms with Gasteiger partial charge in [0.1, 0.15) is 13.2 Å². The highest BCUT2D eigenvalue weighted by Gasteiger charge is 2.33. The molecule has 3 amide bonds. The van der Waals surface area contributed by atoms with Gasteiger partial charge in [-0.25, -0.2) is 4.79 Å². The van der Waals surface area contributed by atoms with E-state index in [9.17, 15) is 14.7 Å². The van der Waals surface area contributed by atoms with Crippen LogP contribution in [0, 0.1) is 0 Å². The highest BCUT2D eigenvalue weighted by Crippen LogP contribution is 2.35. The van der Waals surface area contributed by atoms with E-state index in [-0.39, 0.29) is 37.6 Å². The van der Waals surface area contributed by atoms with E-state index in [4.69, 9.17) is 9.47 Å². The van der Waals surface area contributed by atoms with Crippen LogP contribution in [0.4, 0.5) is 10.5 Å². The number of nitrogens with zero attached hydrogens (tertiary/aromatic N) is 2. The summed E-state index contributed by atoms with van der Waals surface area (Å²) in [6.07, 6.45) is 0.221. The lowest BCUT2D eigenvalue weighted by molar-refractivity contribution is -0.117. The monoisotopic (exact) mass is 411 g/mol. The Balaban J connectivity index is 1.40. The highest BCUT2D eigenvalue weighted by atomic mass is 16.6. The summed E-state index contributed by atoms with van der Waals surface area (Å²) in [5.74, 6) is 1.23. The molecule has 0 unspecified atom stereocenters. The lowest BCUT2D eigenvalue weighted by Gasteiger charge is -2.25. The summed E-state index contributed by atoms with van der Waals surface area (Å²) < 4.78 is 11.1. The number of rotatable bonds is 6. The number of ether oxygens (including phenoxy) is 2.